The highest BCUT2D eigenvalue weighted by molar-refractivity contribution is 7.89. The van der Waals surface area contributed by atoms with Crippen LogP contribution >= 0.6 is 11.3 Å². The van der Waals surface area contributed by atoms with Crippen LogP contribution in [0, 0.1) is 11.7 Å². The smallest absolute Gasteiger partial charge is 0.220 e. The third-order valence-electron chi connectivity index (χ3n) is 6.84. The van der Waals surface area contributed by atoms with Gasteiger partial charge in [0.2, 0.25) is 16.0 Å². The molecule has 1 aliphatic rings. The summed E-state index contributed by atoms with van der Waals surface area (Å²) in [4.78, 5) is 14.0. The second-order valence-electron chi connectivity index (χ2n) is 9.44. The van der Waals surface area contributed by atoms with Gasteiger partial charge in [-0.1, -0.05) is 32.9 Å². The van der Waals surface area contributed by atoms with Gasteiger partial charge in [-0.15, -0.1) is 11.3 Å². The standard InChI is InChI=1S/C24H31FN6O2S2/c1-4-18(35(27,32)33)15-6-5-7-16(19(15)25)20-21(17-10-13-29-23(26)30-17)34-22(31-20)24(2,3)14-8-11-28-12-9-14/h5-7,10,13-14,18,28H,4,8-9,11-12H2,1-3H3,(H2,26,29,30)(H2,27,32,33). The summed E-state index contributed by atoms with van der Waals surface area (Å²) in [7, 11) is -3.99. The van der Waals surface area contributed by atoms with Crippen molar-refractivity contribution in [3.63, 3.8) is 0 Å². The number of thiazole rings is 1. The Bertz CT molecular complexity index is 1320. The van der Waals surface area contributed by atoms with Gasteiger partial charge < -0.3 is 11.1 Å². The van der Waals surface area contributed by atoms with Crippen molar-refractivity contribution in [3.05, 3.63) is 46.9 Å². The summed E-state index contributed by atoms with van der Waals surface area (Å²) in [6.45, 7) is 7.91. The summed E-state index contributed by atoms with van der Waals surface area (Å²) in [6, 6.07) is 6.43. The van der Waals surface area contributed by atoms with E-state index in [4.69, 9.17) is 15.9 Å². The second kappa shape index (κ2) is 9.88. The number of nitrogens with zero attached hydrogens (tertiary/aromatic N) is 3. The van der Waals surface area contributed by atoms with Gasteiger partial charge in [-0.05, 0) is 50.4 Å². The van der Waals surface area contributed by atoms with Gasteiger partial charge in [0.1, 0.15) is 11.1 Å². The fourth-order valence-corrected chi connectivity index (χ4v) is 7.01. The van der Waals surface area contributed by atoms with E-state index in [0.29, 0.717) is 22.2 Å². The van der Waals surface area contributed by atoms with E-state index in [1.807, 2.05) is 0 Å². The zero-order chi connectivity index (χ0) is 25.4. The maximum atomic E-state index is 15.9. The lowest BCUT2D eigenvalue weighted by atomic mass is 9.74. The first-order valence-electron chi connectivity index (χ1n) is 11.6. The molecule has 3 heterocycles. The van der Waals surface area contributed by atoms with E-state index in [0.717, 1.165) is 30.9 Å². The Morgan fingerprint density at radius 3 is 2.57 bits per heavy atom. The van der Waals surface area contributed by atoms with Crippen LogP contribution in [-0.2, 0) is 15.4 Å². The van der Waals surface area contributed by atoms with Gasteiger partial charge in [0.25, 0.3) is 0 Å². The number of nitrogens with two attached hydrogens (primary N) is 2. The predicted octanol–water partition coefficient (Wildman–Crippen LogP) is 4.01. The lowest BCUT2D eigenvalue weighted by Gasteiger charge is -2.35. The Kier molecular flexibility index (Phi) is 7.23. The van der Waals surface area contributed by atoms with Crippen molar-refractivity contribution in [2.75, 3.05) is 18.8 Å². The van der Waals surface area contributed by atoms with E-state index in [1.54, 1.807) is 31.3 Å². The molecule has 3 aromatic rings. The first kappa shape index (κ1) is 25.6. The highest BCUT2D eigenvalue weighted by Crippen LogP contribution is 2.45. The summed E-state index contributed by atoms with van der Waals surface area (Å²) in [5, 5.41) is 8.54. The van der Waals surface area contributed by atoms with Crippen LogP contribution in [0.1, 0.15) is 55.9 Å². The van der Waals surface area contributed by atoms with E-state index in [1.165, 1.54) is 17.4 Å². The molecule has 0 saturated carbocycles. The molecule has 2 aromatic heterocycles. The molecule has 0 radical (unpaired) electrons. The predicted molar refractivity (Wildman–Crippen MR) is 138 cm³/mol. The molecule has 35 heavy (non-hydrogen) atoms. The van der Waals surface area contributed by atoms with Crippen LogP contribution in [-0.4, -0.2) is 36.5 Å². The number of aromatic nitrogens is 3. The Morgan fingerprint density at radius 1 is 1.23 bits per heavy atom. The van der Waals surface area contributed by atoms with Gasteiger partial charge in [0.05, 0.1) is 21.3 Å². The van der Waals surface area contributed by atoms with Gasteiger partial charge in [-0.3, -0.25) is 0 Å². The van der Waals surface area contributed by atoms with Crippen LogP contribution in [0.2, 0.25) is 0 Å². The fraction of sp³-hybridized carbons (Fsp3) is 0.458. The van der Waals surface area contributed by atoms with Crippen LogP contribution in [0.4, 0.5) is 10.3 Å². The van der Waals surface area contributed by atoms with Crippen LogP contribution in [0.5, 0.6) is 0 Å². The summed E-state index contributed by atoms with van der Waals surface area (Å²) in [5.41, 5.74) is 6.80. The maximum Gasteiger partial charge on any atom is 0.220 e. The Balaban J connectivity index is 1.91. The molecule has 1 unspecified atom stereocenters. The molecule has 0 bridgehead atoms. The normalized spacial score (nSPS) is 16.4. The molecule has 188 valence electrons. The van der Waals surface area contributed by atoms with Gasteiger partial charge in [-0.25, -0.2) is 32.9 Å². The van der Waals surface area contributed by atoms with Crippen molar-refractivity contribution >= 4 is 27.3 Å². The number of hydrogen-bond acceptors (Lipinski definition) is 8. The van der Waals surface area contributed by atoms with Crippen molar-refractivity contribution in [2.45, 2.75) is 50.7 Å². The van der Waals surface area contributed by atoms with E-state index in [2.05, 4.69) is 29.1 Å². The van der Waals surface area contributed by atoms with Gasteiger partial charge in [0.15, 0.2) is 0 Å². The van der Waals surface area contributed by atoms with Crippen molar-refractivity contribution in [1.82, 2.24) is 20.3 Å². The van der Waals surface area contributed by atoms with E-state index in [9.17, 15) is 8.42 Å². The van der Waals surface area contributed by atoms with Gasteiger partial charge in [0, 0.05) is 22.7 Å². The van der Waals surface area contributed by atoms with Crippen molar-refractivity contribution in [1.29, 1.82) is 0 Å². The maximum absolute atomic E-state index is 15.9. The average molecular weight is 519 g/mol. The van der Waals surface area contributed by atoms with Crippen LogP contribution in [0.15, 0.2) is 30.5 Å². The minimum absolute atomic E-state index is 0.0350. The van der Waals surface area contributed by atoms with Crippen molar-refractivity contribution < 1.29 is 12.8 Å². The third-order valence-corrected chi connectivity index (χ3v) is 9.64. The molecule has 0 amide bonds. The number of rotatable bonds is 7. The Hall–Kier alpha value is -2.47. The molecule has 1 atom stereocenters. The quantitative estimate of drug-likeness (QED) is 0.430. The molecule has 11 heteroatoms. The molecule has 0 spiro atoms. The molecule has 1 aromatic carbocycles. The Labute approximate surface area is 209 Å². The number of halogens is 1. The number of nitrogens with one attached hydrogen (secondary N) is 1. The highest BCUT2D eigenvalue weighted by Gasteiger charge is 2.37. The molecular weight excluding hydrogens is 487 g/mol. The monoisotopic (exact) mass is 518 g/mol. The van der Waals surface area contributed by atoms with Crippen LogP contribution < -0.4 is 16.2 Å². The van der Waals surface area contributed by atoms with Gasteiger partial charge in [-0.2, -0.15) is 0 Å². The SMILES string of the molecule is CCC(c1cccc(-c2nc(C(C)(C)C3CCNCC3)sc2-c2ccnc(N)n2)c1F)S(N)(=O)=O. The van der Waals surface area contributed by atoms with Gasteiger partial charge >= 0.3 is 0 Å². The highest BCUT2D eigenvalue weighted by atomic mass is 32.2. The van der Waals surface area contributed by atoms with Crippen LogP contribution in [0.25, 0.3) is 21.8 Å². The molecule has 4 rings (SSSR count). The summed E-state index contributed by atoms with van der Waals surface area (Å²) >= 11 is 1.46. The molecule has 1 fully saturated rings. The molecular formula is C24H31FN6O2S2. The second-order valence-corrected chi connectivity index (χ2v) is 12.2. The van der Waals surface area contributed by atoms with Crippen molar-refractivity contribution in [3.8, 4) is 21.8 Å². The number of primary sulfonamides is 1. The van der Waals surface area contributed by atoms with Crippen LogP contribution in [0.3, 0.4) is 0 Å². The molecule has 1 saturated heterocycles. The molecule has 1 aliphatic heterocycles. The first-order chi connectivity index (χ1) is 16.5. The lowest BCUT2D eigenvalue weighted by Crippen LogP contribution is -2.38. The molecule has 5 N–H and O–H groups in total. The summed E-state index contributed by atoms with van der Waals surface area (Å²) < 4.78 is 40.3. The molecule has 8 nitrogen and oxygen atoms in total. The fourth-order valence-electron chi connectivity index (χ4n) is 4.78. The number of sulfonamides is 1. The molecule has 0 aliphatic carbocycles. The summed E-state index contributed by atoms with van der Waals surface area (Å²) in [6.07, 6.45) is 3.75. The minimum Gasteiger partial charge on any atom is -0.368 e. The zero-order valence-corrected chi connectivity index (χ0v) is 21.7. The Morgan fingerprint density at radius 2 is 1.94 bits per heavy atom. The van der Waals surface area contributed by atoms with E-state index < -0.39 is 21.1 Å². The number of piperidine rings is 1. The number of anilines is 1. The zero-order valence-electron chi connectivity index (χ0n) is 20.1. The van der Waals surface area contributed by atoms with Crippen molar-refractivity contribution in [2.24, 2.45) is 11.1 Å². The first-order valence-corrected chi connectivity index (χ1v) is 14.1. The number of hydrogen-bond donors (Lipinski definition) is 3. The minimum atomic E-state index is -3.99. The topological polar surface area (TPSA) is 137 Å². The van der Waals surface area contributed by atoms with E-state index in [-0.39, 0.29) is 28.9 Å². The summed E-state index contributed by atoms with van der Waals surface area (Å²) in [5.74, 6) is -0.127. The largest absolute Gasteiger partial charge is 0.368 e. The number of benzene rings is 1. The third kappa shape index (κ3) is 5.09. The number of nitrogen functional groups attached to an aromatic ring is 1. The average Bonchev–Trinajstić information content (AvgIpc) is 3.26. The van der Waals surface area contributed by atoms with E-state index >= 15 is 4.39 Å². The lowest BCUT2D eigenvalue weighted by molar-refractivity contribution is 0.246.